The number of nitrogens with zero attached hydrogens (tertiary/aromatic N) is 1. The Morgan fingerprint density at radius 2 is 1.69 bits per heavy atom. The van der Waals surface area contributed by atoms with Gasteiger partial charge in [-0.3, -0.25) is 4.79 Å². The molecule has 3 aromatic carbocycles. The van der Waals surface area contributed by atoms with Gasteiger partial charge in [0.05, 0.1) is 29.6 Å². The summed E-state index contributed by atoms with van der Waals surface area (Å²) in [6.07, 6.45) is -0.841. The Kier molecular flexibility index (Phi) is 5.59. The summed E-state index contributed by atoms with van der Waals surface area (Å²) < 4.78 is 9.57. The van der Waals surface area contributed by atoms with Crippen LogP contribution >= 0.6 is 0 Å². The Balaban J connectivity index is 1.85. The normalized spacial score (nSPS) is 11.3. The zero-order chi connectivity index (χ0) is 22.7. The van der Waals surface area contributed by atoms with Gasteiger partial charge in [-0.15, -0.1) is 0 Å². The first kappa shape index (κ1) is 20.7. The molecule has 4 rings (SSSR count). The molecular weight excluding hydrogens is 410 g/mol. The maximum absolute atomic E-state index is 11.4. The van der Waals surface area contributed by atoms with Gasteiger partial charge in [0.1, 0.15) is 5.75 Å². The largest absolute Gasteiger partial charge is 0.513 e. The molecule has 0 fully saturated rings. The third kappa shape index (κ3) is 4.15. The minimum absolute atomic E-state index is 0.0911. The molecule has 160 valence electrons. The molecule has 8 heteroatoms. The number of primary amides is 1. The van der Waals surface area contributed by atoms with Crippen LogP contribution in [0.3, 0.4) is 0 Å². The molecule has 0 saturated heterocycles. The van der Waals surface area contributed by atoms with Crippen LogP contribution in [-0.2, 0) is 4.74 Å². The molecule has 0 aliphatic carbocycles. The van der Waals surface area contributed by atoms with Crippen molar-refractivity contribution in [1.82, 2.24) is 4.98 Å². The molecule has 0 saturated carbocycles. The van der Waals surface area contributed by atoms with Gasteiger partial charge in [0, 0.05) is 22.6 Å². The standard InChI is InChI=1S/C24H19N3O5/c1-31-24(30)32-17-11-12-18-19(13-17)27-23(29)20(18)21(14-5-3-2-4-6-14)26-16-9-7-15(8-10-16)22(25)28/h2-13,27,29H,1H3,(H2,25,28). The van der Waals surface area contributed by atoms with E-state index in [0.717, 1.165) is 5.56 Å². The van der Waals surface area contributed by atoms with Crippen LogP contribution in [0, 0.1) is 0 Å². The van der Waals surface area contributed by atoms with Gasteiger partial charge in [0.15, 0.2) is 5.88 Å². The average Bonchev–Trinajstić information content (AvgIpc) is 3.13. The highest BCUT2D eigenvalue weighted by Crippen LogP contribution is 2.33. The van der Waals surface area contributed by atoms with E-state index in [1.807, 2.05) is 30.3 Å². The molecular formula is C24H19N3O5. The Morgan fingerprint density at radius 3 is 2.34 bits per heavy atom. The molecule has 1 aromatic heterocycles. The number of benzene rings is 3. The first-order valence-corrected chi connectivity index (χ1v) is 9.61. The summed E-state index contributed by atoms with van der Waals surface area (Å²) >= 11 is 0. The van der Waals surface area contributed by atoms with E-state index in [2.05, 4.69) is 9.72 Å². The summed E-state index contributed by atoms with van der Waals surface area (Å²) in [4.78, 5) is 30.4. The van der Waals surface area contributed by atoms with E-state index in [9.17, 15) is 14.7 Å². The van der Waals surface area contributed by atoms with Crippen LogP contribution in [0.2, 0.25) is 0 Å². The third-order valence-corrected chi connectivity index (χ3v) is 4.79. The first-order valence-electron chi connectivity index (χ1n) is 9.61. The number of methoxy groups -OCH3 is 1. The lowest BCUT2D eigenvalue weighted by molar-refractivity contribution is 0.1000. The number of amides is 1. The number of aromatic nitrogens is 1. The molecule has 1 heterocycles. The number of rotatable bonds is 5. The quantitative estimate of drug-likeness (QED) is 0.248. The van der Waals surface area contributed by atoms with Crippen molar-refractivity contribution in [3.8, 4) is 11.6 Å². The van der Waals surface area contributed by atoms with E-state index in [1.165, 1.54) is 7.11 Å². The second-order valence-electron chi connectivity index (χ2n) is 6.85. The Hall–Kier alpha value is -4.59. The van der Waals surface area contributed by atoms with Crippen molar-refractivity contribution in [2.24, 2.45) is 10.7 Å². The number of hydrogen-bond donors (Lipinski definition) is 3. The monoisotopic (exact) mass is 429 g/mol. The SMILES string of the molecule is COC(=O)Oc1ccc2c(C(=Nc3ccc(C(N)=O)cc3)c3ccccc3)c(O)[nH]c2c1. The number of carbonyl (C=O) groups excluding carboxylic acids is 2. The molecule has 4 aromatic rings. The van der Waals surface area contributed by atoms with Crippen molar-refractivity contribution in [3.05, 3.63) is 89.5 Å². The Bertz CT molecular complexity index is 1330. The number of aromatic hydroxyl groups is 1. The van der Waals surface area contributed by atoms with Crippen molar-refractivity contribution in [1.29, 1.82) is 0 Å². The van der Waals surface area contributed by atoms with Crippen molar-refractivity contribution in [3.63, 3.8) is 0 Å². The smallest absolute Gasteiger partial charge is 0.494 e. The molecule has 0 aliphatic heterocycles. The van der Waals surface area contributed by atoms with Crippen LogP contribution in [0.25, 0.3) is 10.9 Å². The van der Waals surface area contributed by atoms with Gasteiger partial charge in [-0.1, -0.05) is 30.3 Å². The van der Waals surface area contributed by atoms with Crippen molar-refractivity contribution in [2.75, 3.05) is 7.11 Å². The van der Waals surface area contributed by atoms with Crippen LogP contribution in [0.1, 0.15) is 21.5 Å². The van der Waals surface area contributed by atoms with Crippen LogP contribution in [0.15, 0.2) is 77.8 Å². The van der Waals surface area contributed by atoms with Gasteiger partial charge >= 0.3 is 6.16 Å². The number of H-pyrrole nitrogens is 1. The topological polar surface area (TPSA) is 127 Å². The molecule has 0 bridgehead atoms. The van der Waals surface area contributed by atoms with E-state index in [0.29, 0.717) is 33.4 Å². The van der Waals surface area contributed by atoms with E-state index in [4.69, 9.17) is 15.5 Å². The summed E-state index contributed by atoms with van der Waals surface area (Å²) in [6, 6.07) is 20.8. The van der Waals surface area contributed by atoms with E-state index < -0.39 is 12.1 Å². The summed E-state index contributed by atoms with van der Waals surface area (Å²) in [6.45, 7) is 0. The predicted octanol–water partition coefficient (Wildman–Crippen LogP) is 4.29. The van der Waals surface area contributed by atoms with Gasteiger partial charge < -0.3 is 25.3 Å². The number of aromatic amines is 1. The van der Waals surface area contributed by atoms with Crippen molar-refractivity contribution in [2.45, 2.75) is 0 Å². The van der Waals surface area contributed by atoms with Crippen LogP contribution in [0.5, 0.6) is 11.6 Å². The lowest BCUT2D eigenvalue weighted by atomic mass is 10.0. The molecule has 32 heavy (non-hydrogen) atoms. The Labute approximate surface area is 182 Å². The molecule has 1 amide bonds. The number of fused-ring (bicyclic) bond motifs is 1. The lowest BCUT2D eigenvalue weighted by Gasteiger charge is -2.08. The van der Waals surface area contributed by atoms with Crippen LogP contribution in [0.4, 0.5) is 10.5 Å². The minimum Gasteiger partial charge on any atom is -0.494 e. The first-order chi connectivity index (χ1) is 15.5. The molecule has 0 unspecified atom stereocenters. The molecule has 0 spiro atoms. The highest BCUT2D eigenvalue weighted by molar-refractivity contribution is 6.22. The fourth-order valence-electron chi connectivity index (χ4n) is 3.29. The van der Waals surface area contributed by atoms with E-state index >= 15 is 0 Å². The predicted molar refractivity (Wildman–Crippen MR) is 120 cm³/mol. The number of nitrogens with one attached hydrogen (secondary N) is 1. The summed E-state index contributed by atoms with van der Waals surface area (Å²) in [5.41, 5.74) is 8.59. The average molecular weight is 429 g/mol. The molecule has 8 nitrogen and oxygen atoms in total. The number of carbonyl (C=O) groups is 2. The fourth-order valence-corrected chi connectivity index (χ4v) is 3.29. The lowest BCUT2D eigenvalue weighted by Crippen LogP contribution is -2.10. The van der Waals surface area contributed by atoms with Gasteiger partial charge in [0.25, 0.3) is 0 Å². The summed E-state index contributed by atoms with van der Waals surface area (Å²) in [5.74, 6) is -0.355. The molecule has 0 radical (unpaired) electrons. The second-order valence-corrected chi connectivity index (χ2v) is 6.85. The van der Waals surface area contributed by atoms with Crippen molar-refractivity contribution < 1.29 is 24.2 Å². The molecule has 0 atom stereocenters. The Morgan fingerprint density at radius 1 is 0.969 bits per heavy atom. The van der Waals surface area contributed by atoms with E-state index in [-0.39, 0.29) is 11.6 Å². The minimum atomic E-state index is -0.841. The van der Waals surface area contributed by atoms with E-state index in [1.54, 1.807) is 42.5 Å². The summed E-state index contributed by atoms with van der Waals surface area (Å²) in [5, 5.41) is 11.4. The second kappa shape index (κ2) is 8.65. The maximum Gasteiger partial charge on any atom is 0.513 e. The fraction of sp³-hybridized carbons (Fsp3) is 0.0417. The van der Waals surface area contributed by atoms with Gasteiger partial charge in [-0.05, 0) is 36.4 Å². The van der Waals surface area contributed by atoms with Crippen LogP contribution < -0.4 is 10.5 Å². The van der Waals surface area contributed by atoms with Gasteiger partial charge in [-0.25, -0.2) is 9.79 Å². The molecule has 4 N–H and O–H groups in total. The number of nitrogens with two attached hydrogens (primary N) is 1. The maximum atomic E-state index is 11.4. The van der Waals surface area contributed by atoms with Gasteiger partial charge in [0.2, 0.25) is 5.91 Å². The van der Waals surface area contributed by atoms with Gasteiger partial charge in [-0.2, -0.15) is 0 Å². The third-order valence-electron chi connectivity index (χ3n) is 4.79. The zero-order valence-electron chi connectivity index (χ0n) is 17.0. The zero-order valence-corrected chi connectivity index (χ0v) is 17.0. The number of aliphatic imine (C=N–C) groups is 1. The van der Waals surface area contributed by atoms with Crippen LogP contribution in [-0.4, -0.2) is 35.0 Å². The molecule has 0 aliphatic rings. The highest BCUT2D eigenvalue weighted by Gasteiger charge is 2.19. The highest BCUT2D eigenvalue weighted by atomic mass is 16.7. The number of ether oxygens (including phenoxy) is 2. The number of hydrogen-bond acceptors (Lipinski definition) is 6. The van der Waals surface area contributed by atoms with Crippen molar-refractivity contribution >= 4 is 34.4 Å². The summed E-state index contributed by atoms with van der Waals surface area (Å²) in [7, 11) is 1.22.